The molecule has 2 amide bonds. The molecule has 0 saturated carbocycles. The van der Waals surface area contributed by atoms with Crippen LogP contribution in [0.3, 0.4) is 0 Å². The van der Waals surface area contributed by atoms with Crippen LogP contribution >= 0.6 is 0 Å². The Balaban J connectivity index is 1.31. The molecule has 9 heteroatoms. The van der Waals surface area contributed by atoms with Crippen LogP contribution in [-0.2, 0) is 4.74 Å². The topological polar surface area (TPSA) is 91.7 Å². The smallest absolute Gasteiger partial charge is 0.325 e. The number of hydrogen-bond acceptors (Lipinski definition) is 6. The number of piperidine rings is 1. The third-order valence-electron chi connectivity index (χ3n) is 8.28. The number of amides is 2. The summed E-state index contributed by atoms with van der Waals surface area (Å²) in [4.78, 5) is 34.5. The van der Waals surface area contributed by atoms with E-state index in [1.54, 1.807) is 24.0 Å². The summed E-state index contributed by atoms with van der Waals surface area (Å²) < 4.78 is 7.27. The second-order valence-electron chi connectivity index (χ2n) is 11.2. The fourth-order valence-electron chi connectivity index (χ4n) is 5.80. The molecule has 2 aromatic heterocycles. The minimum Gasteiger partial charge on any atom is -0.380 e. The van der Waals surface area contributed by atoms with E-state index in [-0.39, 0.29) is 11.9 Å². The Kier molecular flexibility index (Phi) is 9.74. The molecule has 1 saturated heterocycles. The average molecular weight is 583 g/mol. The Morgan fingerprint density at radius 1 is 1.02 bits per heavy atom. The van der Waals surface area contributed by atoms with E-state index in [0.717, 1.165) is 48.2 Å². The van der Waals surface area contributed by atoms with Crippen LogP contribution in [0.25, 0.3) is 10.9 Å². The highest BCUT2D eigenvalue weighted by atomic mass is 16.5. The first-order valence-corrected chi connectivity index (χ1v) is 15.2. The van der Waals surface area contributed by atoms with Gasteiger partial charge in [-0.1, -0.05) is 12.1 Å². The van der Waals surface area contributed by atoms with Crippen LogP contribution in [0.4, 0.5) is 22.0 Å². The van der Waals surface area contributed by atoms with Gasteiger partial charge >= 0.3 is 6.03 Å². The number of pyridine rings is 1. The van der Waals surface area contributed by atoms with Gasteiger partial charge in [0, 0.05) is 67.0 Å². The Morgan fingerprint density at radius 2 is 1.77 bits per heavy atom. The van der Waals surface area contributed by atoms with Crippen molar-refractivity contribution in [3.8, 4) is 0 Å². The van der Waals surface area contributed by atoms with Crippen molar-refractivity contribution < 1.29 is 14.3 Å². The minimum absolute atomic E-state index is 0.188. The molecule has 43 heavy (non-hydrogen) atoms. The molecular formula is C34H42N6O3. The Labute approximate surface area is 253 Å². The van der Waals surface area contributed by atoms with Gasteiger partial charge in [-0.15, -0.1) is 0 Å². The molecule has 9 nitrogen and oxygen atoms in total. The average Bonchev–Trinajstić information content (AvgIpc) is 3.46. The Hall–Kier alpha value is -4.21. The minimum atomic E-state index is -0.191. The number of fused-ring (bicyclic) bond motifs is 1. The quantitative estimate of drug-likeness (QED) is 0.215. The van der Waals surface area contributed by atoms with Gasteiger partial charge in [0.15, 0.2) is 0 Å². The third-order valence-corrected chi connectivity index (χ3v) is 8.28. The van der Waals surface area contributed by atoms with E-state index >= 15 is 0 Å². The van der Waals surface area contributed by atoms with Crippen molar-refractivity contribution in [2.24, 2.45) is 0 Å². The van der Waals surface area contributed by atoms with E-state index in [1.807, 2.05) is 55.5 Å². The summed E-state index contributed by atoms with van der Waals surface area (Å²) in [5.74, 6) is 0.819. The number of nitrogens with one attached hydrogen (secondary N) is 2. The second kappa shape index (κ2) is 13.8. The highest BCUT2D eigenvalue weighted by Gasteiger charge is 2.22. The van der Waals surface area contributed by atoms with Gasteiger partial charge in [0.05, 0.1) is 12.1 Å². The summed E-state index contributed by atoms with van der Waals surface area (Å²) in [7, 11) is 1.62. The number of anilines is 3. The Morgan fingerprint density at radius 3 is 2.47 bits per heavy atom. The van der Waals surface area contributed by atoms with E-state index in [1.165, 1.54) is 5.56 Å². The van der Waals surface area contributed by atoms with Crippen molar-refractivity contribution in [3.63, 3.8) is 0 Å². The van der Waals surface area contributed by atoms with Crippen LogP contribution in [0.2, 0.25) is 0 Å². The first-order valence-electron chi connectivity index (χ1n) is 15.2. The summed E-state index contributed by atoms with van der Waals surface area (Å²) in [6.45, 7) is 10.5. The lowest BCUT2D eigenvalue weighted by Gasteiger charge is -2.34. The maximum atomic E-state index is 13.2. The summed E-state index contributed by atoms with van der Waals surface area (Å²) in [6.07, 6.45) is 5.76. The van der Waals surface area contributed by atoms with Crippen molar-refractivity contribution in [2.75, 3.05) is 50.1 Å². The molecule has 0 spiro atoms. The molecule has 0 aliphatic carbocycles. The van der Waals surface area contributed by atoms with Gasteiger partial charge in [-0.3, -0.25) is 9.36 Å². The molecule has 5 rings (SSSR count). The molecule has 226 valence electrons. The van der Waals surface area contributed by atoms with Crippen molar-refractivity contribution in [1.82, 2.24) is 19.8 Å². The van der Waals surface area contributed by atoms with Gasteiger partial charge in [0.25, 0.3) is 5.91 Å². The molecule has 0 radical (unpaired) electrons. The zero-order chi connectivity index (χ0) is 30.3. The largest absolute Gasteiger partial charge is 0.380 e. The van der Waals surface area contributed by atoms with Crippen LogP contribution in [0, 0.1) is 0 Å². The van der Waals surface area contributed by atoms with E-state index in [9.17, 15) is 9.59 Å². The van der Waals surface area contributed by atoms with E-state index < -0.39 is 0 Å². The van der Waals surface area contributed by atoms with Crippen LogP contribution in [-0.4, -0.2) is 72.3 Å². The van der Waals surface area contributed by atoms with Crippen LogP contribution in [0.15, 0.2) is 73.1 Å². The SMILES string of the molecule is CCOCCN(c1ccnc(NC(=O)c2ccc(C3CCN(C(C)C)CC3)cc2)c1)c1ccc2c(ccn2C(=O)NC)c1. The first-order chi connectivity index (χ1) is 20.9. The third kappa shape index (κ3) is 7.06. The molecule has 0 unspecified atom stereocenters. The van der Waals surface area contributed by atoms with E-state index in [2.05, 4.69) is 51.4 Å². The van der Waals surface area contributed by atoms with E-state index in [4.69, 9.17) is 4.74 Å². The lowest BCUT2D eigenvalue weighted by Crippen LogP contribution is -2.37. The number of carbonyl (C=O) groups excluding carboxylic acids is 2. The number of aromatic nitrogens is 2. The molecule has 4 aromatic rings. The van der Waals surface area contributed by atoms with Gasteiger partial charge in [0.1, 0.15) is 5.82 Å². The molecule has 1 aliphatic heterocycles. The standard InChI is InChI=1S/C34H42N6O3/c1-5-43-21-20-39(29-10-11-31-28(22-29)15-19-40(31)34(42)35-4)30-12-16-36-32(23-30)37-33(41)27-8-6-25(7-9-27)26-13-17-38(18-14-26)24(2)3/h6-12,15-16,19,22-24,26H,5,13-14,17-18,20-21H2,1-4H3,(H,35,42)(H,36,37,41). The normalized spacial score (nSPS) is 14.3. The second-order valence-corrected chi connectivity index (χ2v) is 11.2. The highest BCUT2D eigenvalue weighted by Crippen LogP contribution is 2.31. The van der Waals surface area contributed by atoms with Crippen LogP contribution in [0.1, 0.15) is 55.5 Å². The van der Waals surface area contributed by atoms with Gasteiger partial charge in [-0.05, 0) is 101 Å². The number of nitrogens with zero attached hydrogens (tertiary/aromatic N) is 4. The van der Waals surface area contributed by atoms with Gasteiger partial charge in [-0.2, -0.15) is 0 Å². The molecule has 2 N–H and O–H groups in total. The summed E-state index contributed by atoms with van der Waals surface area (Å²) in [5, 5.41) is 6.59. The number of rotatable bonds is 10. The number of hydrogen-bond donors (Lipinski definition) is 2. The molecule has 1 fully saturated rings. The van der Waals surface area contributed by atoms with Gasteiger partial charge in [-0.25, -0.2) is 9.78 Å². The van der Waals surface area contributed by atoms with Crippen molar-refractivity contribution >= 4 is 40.0 Å². The predicted octanol–water partition coefficient (Wildman–Crippen LogP) is 6.24. The fraction of sp³-hybridized carbons (Fsp3) is 0.382. The number of benzene rings is 2. The zero-order valence-corrected chi connectivity index (χ0v) is 25.5. The molecule has 0 bridgehead atoms. The summed E-state index contributed by atoms with van der Waals surface area (Å²) in [5.41, 5.74) is 4.54. The predicted molar refractivity (Wildman–Crippen MR) is 173 cm³/mol. The lowest BCUT2D eigenvalue weighted by molar-refractivity contribution is 0.102. The first kappa shape index (κ1) is 30.3. The van der Waals surface area contributed by atoms with Gasteiger partial charge < -0.3 is 25.2 Å². The molecule has 2 aromatic carbocycles. The monoisotopic (exact) mass is 582 g/mol. The molecule has 3 heterocycles. The lowest BCUT2D eigenvalue weighted by atomic mass is 9.88. The number of ether oxygens (including phenoxy) is 1. The molecule has 0 atom stereocenters. The van der Waals surface area contributed by atoms with Crippen molar-refractivity contribution in [1.29, 1.82) is 0 Å². The Bertz CT molecular complexity index is 1540. The van der Waals surface area contributed by atoms with Crippen molar-refractivity contribution in [2.45, 2.75) is 45.6 Å². The molecular weight excluding hydrogens is 540 g/mol. The van der Waals surface area contributed by atoms with Crippen molar-refractivity contribution in [3.05, 3.63) is 84.2 Å². The number of likely N-dealkylation sites (tertiary alicyclic amines) is 1. The number of carbonyl (C=O) groups is 2. The van der Waals surface area contributed by atoms with Crippen LogP contribution in [0.5, 0.6) is 0 Å². The fourth-order valence-corrected chi connectivity index (χ4v) is 5.80. The maximum absolute atomic E-state index is 13.2. The maximum Gasteiger partial charge on any atom is 0.325 e. The summed E-state index contributed by atoms with van der Waals surface area (Å²) in [6, 6.07) is 20.1. The van der Waals surface area contributed by atoms with Gasteiger partial charge in [0.2, 0.25) is 0 Å². The zero-order valence-electron chi connectivity index (χ0n) is 25.5. The highest BCUT2D eigenvalue weighted by molar-refractivity contribution is 6.04. The summed E-state index contributed by atoms with van der Waals surface area (Å²) >= 11 is 0. The van der Waals surface area contributed by atoms with Crippen LogP contribution < -0.4 is 15.5 Å². The van der Waals surface area contributed by atoms with E-state index in [0.29, 0.717) is 43.1 Å². The molecule has 1 aliphatic rings.